The van der Waals surface area contributed by atoms with Gasteiger partial charge in [-0.2, -0.15) is 0 Å². The molecule has 2 aromatic rings. The van der Waals surface area contributed by atoms with Crippen LogP contribution >= 0.6 is 0 Å². The Labute approximate surface area is 118 Å². The number of nitrogens with two attached hydrogens (primary N) is 1. The van der Waals surface area contributed by atoms with Gasteiger partial charge in [-0.1, -0.05) is 30.3 Å². The van der Waals surface area contributed by atoms with Gasteiger partial charge in [-0.05, 0) is 36.1 Å². The summed E-state index contributed by atoms with van der Waals surface area (Å²) >= 11 is 0. The third-order valence-corrected chi connectivity index (χ3v) is 3.88. The fraction of sp³-hybridized carbons (Fsp3) is 0.235. The normalized spacial score (nSPS) is 20.4. The molecule has 0 amide bonds. The van der Waals surface area contributed by atoms with Crippen molar-refractivity contribution < 1.29 is 9.53 Å². The van der Waals surface area contributed by atoms with E-state index in [0.717, 1.165) is 6.42 Å². The summed E-state index contributed by atoms with van der Waals surface area (Å²) in [4.78, 5) is 12.5. The highest BCUT2D eigenvalue weighted by molar-refractivity contribution is 6.04. The Morgan fingerprint density at radius 1 is 1.20 bits per heavy atom. The fourth-order valence-corrected chi connectivity index (χ4v) is 2.63. The summed E-state index contributed by atoms with van der Waals surface area (Å²) in [5.41, 5.74) is 8.25. The number of hydrogen-bond acceptors (Lipinski definition) is 3. The number of Topliss-reactive ketones (excluding diaryl/α,β-unsaturated/α-hetero) is 1. The molecule has 2 unspecified atom stereocenters. The summed E-state index contributed by atoms with van der Waals surface area (Å²) in [5.74, 6) is 1.16. The minimum absolute atomic E-state index is 0.0480. The molecule has 0 bridgehead atoms. The second-order valence-corrected chi connectivity index (χ2v) is 5.18. The van der Waals surface area contributed by atoms with Gasteiger partial charge < -0.3 is 10.5 Å². The van der Waals surface area contributed by atoms with Crippen LogP contribution in [0.25, 0.3) is 0 Å². The molecule has 1 aliphatic rings. The standard InChI is InChI=1S/C17H17NO2/c1-20-12-7-8-16(18)15(9-12)17(19)14-10-13(14)11-5-3-2-4-6-11/h2-9,13-14H,10,18H2,1H3. The lowest BCUT2D eigenvalue weighted by molar-refractivity contribution is 0.0966. The Kier molecular flexibility index (Phi) is 3.18. The van der Waals surface area contributed by atoms with E-state index in [0.29, 0.717) is 22.9 Å². The van der Waals surface area contributed by atoms with Gasteiger partial charge in [0.25, 0.3) is 0 Å². The fourth-order valence-electron chi connectivity index (χ4n) is 2.63. The zero-order valence-electron chi connectivity index (χ0n) is 11.4. The Morgan fingerprint density at radius 3 is 2.65 bits per heavy atom. The van der Waals surface area contributed by atoms with E-state index in [2.05, 4.69) is 12.1 Å². The molecule has 1 fully saturated rings. The minimum Gasteiger partial charge on any atom is -0.497 e. The van der Waals surface area contributed by atoms with E-state index in [-0.39, 0.29) is 11.7 Å². The average Bonchev–Trinajstić information content (AvgIpc) is 3.28. The quantitative estimate of drug-likeness (QED) is 0.683. The highest BCUT2D eigenvalue weighted by Gasteiger charge is 2.44. The van der Waals surface area contributed by atoms with Crippen molar-refractivity contribution >= 4 is 11.5 Å². The molecule has 2 aromatic carbocycles. The Morgan fingerprint density at radius 2 is 1.95 bits per heavy atom. The molecular weight excluding hydrogens is 250 g/mol. The minimum atomic E-state index is 0.0480. The average molecular weight is 267 g/mol. The molecule has 0 aliphatic heterocycles. The number of ketones is 1. The topological polar surface area (TPSA) is 52.3 Å². The van der Waals surface area contributed by atoms with Gasteiger partial charge in [-0.25, -0.2) is 0 Å². The van der Waals surface area contributed by atoms with Gasteiger partial charge in [0.1, 0.15) is 5.75 Å². The number of methoxy groups -OCH3 is 1. The van der Waals surface area contributed by atoms with E-state index in [1.165, 1.54) is 5.56 Å². The molecule has 1 aliphatic carbocycles. The first-order valence-electron chi connectivity index (χ1n) is 6.73. The Hall–Kier alpha value is -2.29. The van der Waals surface area contributed by atoms with E-state index in [4.69, 9.17) is 10.5 Å². The van der Waals surface area contributed by atoms with Gasteiger partial charge >= 0.3 is 0 Å². The second kappa shape index (κ2) is 5.00. The van der Waals surface area contributed by atoms with Crippen molar-refractivity contribution in [3.63, 3.8) is 0 Å². The third-order valence-electron chi connectivity index (χ3n) is 3.88. The first kappa shape index (κ1) is 12.7. The SMILES string of the molecule is COc1ccc(N)c(C(=O)C2CC2c2ccccc2)c1. The van der Waals surface area contributed by atoms with Gasteiger partial charge in [0.05, 0.1) is 7.11 Å². The van der Waals surface area contributed by atoms with E-state index in [1.807, 2.05) is 18.2 Å². The Bertz CT molecular complexity index is 637. The van der Waals surface area contributed by atoms with Crippen LogP contribution < -0.4 is 10.5 Å². The zero-order chi connectivity index (χ0) is 14.1. The van der Waals surface area contributed by atoms with Gasteiger partial charge in [0, 0.05) is 17.2 Å². The number of anilines is 1. The smallest absolute Gasteiger partial charge is 0.168 e. The third kappa shape index (κ3) is 2.27. The zero-order valence-corrected chi connectivity index (χ0v) is 11.4. The van der Waals surface area contributed by atoms with Gasteiger partial charge in [0.2, 0.25) is 0 Å². The largest absolute Gasteiger partial charge is 0.497 e. The van der Waals surface area contributed by atoms with E-state index < -0.39 is 0 Å². The van der Waals surface area contributed by atoms with Crippen LogP contribution in [-0.2, 0) is 0 Å². The molecule has 0 aromatic heterocycles. The molecule has 0 heterocycles. The summed E-state index contributed by atoms with van der Waals surface area (Å²) in [7, 11) is 1.59. The van der Waals surface area contributed by atoms with Crippen LogP contribution in [0.4, 0.5) is 5.69 Å². The van der Waals surface area contributed by atoms with Gasteiger partial charge in [0.15, 0.2) is 5.78 Å². The lowest BCUT2D eigenvalue weighted by Crippen LogP contribution is -2.07. The molecule has 0 spiro atoms. The number of rotatable bonds is 4. The molecule has 3 nitrogen and oxygen atoms in total. The highest BCUT2D eigenvalue weighted by atomic mass is 16.5. The maximum absolute atomic E-state index is 12.5. The molecule has 2 atom stereocenters. The Balaban J connectivity index is 1.81. The summed E-state index contributed by atoms with van der Waals surface area (Å²) in [5, 5.41) is 0. The van der Waals surface area contributed by atoms with E-state index >= 15 is 0 Å². The maximum atomic E-state index is 12.5. The van der Waals surface area contributed by atoms with Crippen molar-refractivity contribution in [3.05, 3.63) is 59.7 Å². The number of carbonyl (C=O) groups excluding carboxylic acids is 1. The molecule has 1 saturated carbocycles. The predicted molar refractivity (Wildman–Crippen MR) is 79.0 cm³/mol. The number of nitrogen functional groups attached to an aromatic ring is 1. The van der Waals surface area contributed by atoms with Crippen molar-refractivity contribution in [2.24, 2.45) is 5.92 Å². The van der Waals surface area contributed by atoms with Crippen molar-refractivity contribution in [2.75, 3.05) is 12.8 Å². The van der Waals surface area contributed by atoms with Crippen LogP contribution in [0.5, 0.6) is 5.75 Å². The van der Waals surface area contributed by atoms with E-state index in [9.17, 15) is 4.79 Å². The van der Waals surface area contributed by atoms with Crippen molar-refractivity contribution in [2.45, 2.75) is 12.3 Å². The van der Waals surface area contributed by atoms with Gasteiger partial charge in [-0.15, -0.1) is 0 Å². The van der Waals surface area contributed by atoms with Crippen LogP contribution in [-0.4, -0.2) is 12.9 Å². The van der Waals surface area contributed by atoms with Crippen LogP contribution in [0.15, 0.2) is 48.5 Å². The monoisotopic (exact) mass is 267 g/mol. The number of benzene rings is 2. The second-order valence-electron chi connectivity index (χ2n) is 5.18. The molecule has 20 heavy (non-hydrogen) atoms. The number of hydrogen-bond donors (Lipinski definition) is 1. The molecule has 2 N–H and O–H groups in total. The van der Waals surface area contributed by atoms with Crippen molar-refractivity contribution in [1.29, 1.82) is 0 Å². The summed E-state index contributed by atoms with van der Waals surface area (Å²) in [6, 6.07) is 15.4. The molecular formula is C17H17NO2. The van der Waals surface area contributed by atoms with Crippen LogP contribution in [0.2, 0.25) is 0 Å². The highest BCUT2D eigenvalue weighted by Crippen LogP contribution is 2.49. The molecule has 0 radical (unpaired) electrons. The first-order valence-corrected chi connectivity index (χ1v) is 6.73. The van der Waals surface area contributed by atoms with Crippen molar-refractivity contribution in [1.82, 2.24) is 0 Å². The summed E-state index contributed by atoms with van der Waals surface area (Å²) in [6.07, 6.45) is 0.902. The van der Waals surface area contributed by atoms with Gasteiger partial charge in [-0.3, -0.25) is 4.79 Å². The molecule has 0 saturated heterocycles. The molecule has 102 valence electrons. The van der Waals surface area contributed by atoms with Crippen LogP contribution in [0.1, 0.15) is 28.3 Å². The lowest BCUT2D eigenvalue weighted by Gasteiger charge is -2.07. The first-order chi connectivity index (χ1) is 9.70. The predicted octanol–water partition coefficient (Wildman–Crippen LogP) is 3.26. The summed E-state index contributed by atoms with van der Waals surface area (Å²) in [6.45, 7) is 0. The van der Waals surface area contributed by atoms with Crippen LogP contribution in [0.3, 0.4) is 0 Å². The van der Waals surface area contributed by atoms with Crippen LogP contribution in [0, 0.1) is 5.92 Å². The van der Waals surface area contributed by atoms with E-state index in [1.54, 1.807) is 25.3 Å². The number of carbonyl (C=O) groups is 1. The maximum Gasteiger partial charge on any atom is 0.168 e. The lowest BCUT2D eigenvalue weighted by atomic mass is 10.0. The molecule has 3 rings (SSSR count). The number of ether oxygens (including phenoxy) is 1. The summed E-state index contributed by atoms with van der Waals surface area (Å²) < 4.78 is 5.16. The van der Waals surface area contributed by atoms with Crippen molar-refractivity contribution in [3.8, 4) is 5.75 Å². The molecule has 3 heteroatoms.